The minimum absolute atomic E-state index is 0.114. The minimum Gasteiger partial charge on any atom is -0.318 e. The first-order chi connectivity index (χ1) is 10.3. The first kappa shape index (κ1) is 13.0. The van der Waals surface area contributed by atoms with Crippen LogP contribution in [-0.2, 0) is 6.42 Å². The zero-order valence-electron chi connectivity index (χ0n) is 11.3. The number of pyridine rings is 1. The van der Waals surface area contributed by atoms with Crippen LogP contribution >= 0.6 is 0 Å². The van der Waals surface area contributed by atoms with E-state index in [-0.39, 0.29) is 11.7 Å². The number of rotatable bonds is 4. The highest BCUT2D eigenvalue weighted by molar-refractivity contribution is 6.01. The number of hydrogen-bond donors (Lipinski definition) is 2. The van der Waals surface area contributed by atoms with Gasteiger partial charge in [-0.2, -0.15) is 5.10 Å². The Balaban J connectivity index is 1.71. The van der Waals surface area contributed by atoms with Gasteiger partial charge in [-0.15, -0.1) is 5.10 Å². The van der Waals surface area contributed by atoms with E-state index in [2.05, 4.69) is 30.6 Å². The van der Waals surface area contributed by atoms with E-state index >= 15 is 0 Å². The van der Waals surface area contributed by atoms with Crippen molar-refractivity contribution in [3.8, 4) is 5.82 Å². The van der Waals surface area contributed by atoms with Crippen molar-refractivity contribution >= 4 is 11.6 Å². The molecule has 3 rings (SSSR count). The molecule has 3 heterocycles. The van der Waals surface area contributed by atoms with Gasteiger partial charge in [0.25, 0.3) is 5.91 Å². The van der Waals surface area contributed by atoms with Crippen LogP contribution in [0.2, 0.25) is 0 Å². The maximum absolute atomic E-state index is 12.0. The zero-order chi connectivity index (χ0) is 14.7. The topological polar surface area (TPSA) is 101 Å². The van der Waals surface area contributed by atoms with Crippen molar-refractivity contribution in [2.75, 3.05) is 5.32 Å². The largest absolute Gasteiger partial charge is 0.318 e. The smallest absolute Gasteiger partial charge is 0.295 e. The molecule has 3 aromatic rings. The van der Waals surface area contributed by atoms with Crippen LogP contribution in [0.5, 0.6) is 0 Å². The van der Waals surface area contributed by atoms with E-state index in [4.69, 9.17) is 0 Å². The Morgan fingerprint density at radius 2 is 2.33 bits per heavy atom. The molecule has 0 fully saturated rings. The molecule has 0 bridgehead atoms. The normalized spacial score (nSPS) is 10.5. The predicted octanol–water partition coefficient (Wildman–Crippen LogP) is 1.20. The molecule has 0 aliphatic rings. The van der Waals surface area contributed by atoms with E-state index in [1.807, 2.05) is 13.0 Å². The number of nitrogens with one attached hydrogen (secondary N) is 2. The summed E-state index contributed by atoms with van der Waals surface area (Å²) < 4.78 is 1.63. The second kappa shape index (κ2) is 5.53. The third kappa shape index (κ3) is 2.78. The van der Waals surface area contributed by atoms with E-state index in [0.717, 1.165) is 0 Å². The van der Waals surface area contributed by atoms with Crippen LogP contribution in [0.1, 0.15) is 23.4 Å². The van der Waals surface area contributed by atoms with Gasteiger partial charge in [-0.3, -0.25) is 9.89 Å². The Hall–Kier alpha value is -3.03. The average Bonchev–Trinajstić information content (AvgIpc) is 3.19. The van der Waals surface area contributed by atoms with E-state index in [1.165, 1.54) is 0 Å². The molecule has 0 atom stereocenters. The fourth-order valence-corrected chi connectivity index (χ4v) is 1.74. The SMILES string of the molecule is CCc1nc(C(=O)Nc2ccc(-n3cccn3)nc2)n[nH]1. The molecule has 3 aromatic heterocycles. The van der Waals surface area contributed by atoms with Crippen molar-refractivity contribution in [1.29, 1.82) is 0 Å². The summed E-state index contributed by atoms with van der Waals surface area (Å²) in [6.45, 7) is 1.93. The molecule has 21 heavy (non-hydrogen) atoms. The highest BCUT2D eigenvalue weighted by Crippen LogP contribution is 2.10. The van der Waals surface area contributed by atoms with Crippen LogP contribution in [0.4, 0.5) is 5.69 Å². The summed E-state index contributed by atoms with van der Waals surface area (Å²) in [5, 5.41) is 13.3. The van der Waals surface area contributed by atoms with Gasteiger partial charge in [0.2, 0.25) is 5.82 Å². The zero-order valence-corrected chi connectivity index (χ0v) is 11.3. The number of hydrogen-bond acceptors (Lipinski definition) is 5. The minimum atomic E-state index is -0.375. The van der Waals surface area contributed by atoms with E-state index < -0.39 is 0 Å². The lowest BCUT2D eigenvalue weighted by molar-refractivity contribution is 0.101. The lowest BCUT2D eigenvalue weighted by atomic mass is 10.4. The number of carbonyl (C=O) groups is 1. The summed E-state index contributed by atoms with van der Waals surface area (Å²) in [6, 6.07) is 5.32. The summed E-state index contributed by atoms with van der Waals surface area (Å²) in [6.07, 6.45) is 5.72. The van der Waals surface area contributed by atoms with Crippen LogP contribution < -0.4 is 5.32 Å². The molecule has 0 unspecified atom stereocenters. The van der Waals surface area contributed by atoms with Crippen molar-refractivity contribution < 1.29 is 4.79 Å². The molecule has 0 saturated carbocycles. The molecular weight excluding hydrogens is 270 g/mol. The fourth-order valence-electron chi connectivity index (χ4n) is 1.74. The molecule has 0 aliphatic heterocycles. The van der Waals surface area contributed by atoms with Gasteiger partial charge < -0.3 is 5.32 Å². The van der Waals surface area contributed by atoms with Gasteiger partial charge in [-0.05, 0) is 18.2 Å². The summed E-state index contributed by atoms with van der Waals surface area (Å²) in [7, 11) is 0. The summed E-state index contributed by atoms with van der Waals surface area (Å²) in [5.74, 6) is 1.08. The van der Waals surface area contributed by atoms with E-state index in [9.17, 15) is 4.79 Å². The molecule has 1 amide bonds. The van der Waals surface area contributed by atoms with Gasteiger partial charge >= 0.3 is 0 Å². The maximum Gasteiger partial charge on any atom is 0.295 e. The summed E-state index contributed by atoms with van der Waals surface area (Å²) in [5.41, 5.74) is 0.568. The monoisotopic (exact) mass is 283 g/mol. The fraction of sp³-hybridized carbons (Fsp3) is 0.154. The quantitative estimate of drug-likeness (QED) is 0.749. The number of H-pyrrole nitrogens is 1. The van der Waals surface area contributed by atoms with Crippen molar-refractivity contribution in [3.63, 3.8) is 0 Å². The van der Waals surface area contributed by atoms with E-state index in [1.54, 1.807) is 35.4 Å². The first-order valence-electron chi connectivity index (χ1n) is 6.45. The molecule has 8 nitrogen and oxygen atoms in total. The standard InChI is InChI=1S/C13H13N7O/c1-2-10-17-12(19-18-10)13(21)16-9-4-5-11(14-8-9)20-7-3-6-15-20/h3-8H,2H2,1H3,(H,16,21)(H,17,18,19). The van der Waals surface area contributed by atoms with Crippen LogP contribution in [0.25, 0.3) is 5.82 Å². The number of aromatic amines is 1. The summed E-state index contributed by atoms with van der Waals surface area (Å²) in [4.78, 5) is 20.3. The van der Waals surface area contributed by atoms with Gasteiger partial charge in [0, 0.05) is 18.8 Å². The molecule has 0 aromatic carbocycles. The van der Waals surface area contributed by atoms with Crippen molar-refractivity contribution in [2.45, 2.75) is 13.3 Å². The highest BCUT2D eigenvalue weighted by atomic mass is 16.2. The Morgan fingerprint density at radius 3 is 2.95 bits per heavy atom. The number of aromatic nitrogens is 6. The van der Waals surface area contributed by atoms with Gasteiger partial charge in [-0.1, -0.05) is 6.92 Å². The highest BCUT2D eigenvalue weighted by Gasteiger charge is 2.12. The second-order valence-corrected chi connectivity index (χ2v) is 4.27. The third-order valence-corrected chi connectivity index (χ3v) is 2.81. The van der Waals surface area contributed by atoms with Gasteiger partial charge in [-0.25, -0.2) is 14.6 Å². The van der Waals surface area contributed by atoms with E-state index in [0.29, 0.717) is 23.8 Å². The average molecular weight is 283 g/mol. The molecule has 0 spiro atoms. The van der Waals surface area contributed by atoms with Crippen LogP contribution in [0.3, 0.4) is 0 Å². The second-order valence-electron chi connectivity index (χ2n) is 4.27. The van der Waals surface area contributed by atoms with Crippen LogP contribution in [0.15, 0.2) is 36.8 Å². The third-order valence-electron chi connectivity index (χ3n) is 2.81. The lowest BCUT2D eigenvalue weighted by Crippen LogP contribution is -2.14. The Kier molecular flexibility index (Phi) is 3.42. The first-order valence-corrected chi connectivity index (χ1v) is 6.45. The summed E-state index contributed by atoms with van der Waals surface area (Å²) >= 11 is 0. The lowest BCUT2D eigenvalue weighted by Gasteiger charge is -2.04. The Morgan fingerprint density at radius 1 is 1.43 bits per heavy atom. The molecular formula is C13H13N7O. The van der Waals surface area contributed by atoms with Gasteiger partial charge in [0.05, 0.1) is 11.9 Å². The Bertz CT molecular complexity index is 730. The molecule has 0 saturated heterocycles. The van der Waals surface area contributed by atoms with Crippen LogP contribution in [0, 0.1) is 0 Å². The van der Waals surface area contributed by atoms with Crippen LogP contribution in [-0.4, -0.2) is 35.9 Å². The number of carbonyl (C=O) groups excluding carboxylic acids is 1. The molecule has 2 N–H and O–H groups in total. The number of aryl methyl sites for hydroxylation is 1. The van der Waals surface area contributed by atoms with Gasteiger partial charge in [0.1, 0.15) is 5.82 Å². The Labute approximate surface area is 120 Å². The molecule has 0 radical (unpaired) electrons. The number of nitrogens with zero attached hydrogens (tertiary/aromatic N) is 5. The van der Waals surface area contributed by atoms with Gasteiger partial charge in [0.15, 0.2) is 5.82 Å². The van der Waals surface area contributed by atoms with Crippen molar-refractivity contribution in [2.24, 2.45) is 0 Å². The van der Waals surface area contributed by atoms with Crippen molar-refractivity contribution in [3.05, 3.63) is 48.4 Å². The molecule has 106 valence electrons. The number of amides is 1. The molecule has 8 heteroatoms. The van der Waals surface area contributed by atoms with Crippen molar-refractivity contribution in [1.82, 2.24) is 29.9 Å². The number of anilines is 1. The molecule has 0 aliphatic carbocycles. The predicted molar refractivity (Wildman–Crippen MR) is 75.1 cm³/mol. The maximum atomic E-state index is 12.0.